The Bertz CT molecular complexity index is 209. The van der Waals surface area contributed by atoms with E-state index < -0.39 is 11.6 Å². The van der Waals surface area contributed by atoms with Gasteiger partial charge in [0.2, 0.25) is 11.6 Å². The molecular formula is C12H24O5. The molecule has 1 aliphatic heterocycles. The molecule has 0 radical (unpaired) electrons. The molecule has 1 heterocycles. The van der Waals surface area contributed by atoms with Gasteiger partial charge in [0.05, 0.1) is 6.61 Å². The molecule has 1 unspecified atom stereocenters. The molecule has 0 aromatic heterocycles. The molecule has 1 atom stereocenters. The lowest BCUT2D eigenvalue weighted by molar-refractivity contribution is -0.398. The molecule has 1 rings (SSSR count). The first kappa shape index (κ1) is 14.9. The monoisotopic (exact) mass is 248 g/mol. The number of aliphatic hydroxyl groups excluding tert-OH is 1. The van der Waals surface area contributed by atoms with Crippen molar-refractivity contribution in [3.05, 3.63) is 0 Å². The fourth-order valence-corrected chi connectivity index (χ4v) is 2.35. The van der Waals surface area contributed by atoms with Gasteiger partial charge in [-0.05, 0) is 25.7 Å². The molecule has 1 saturated heterocycles. The van der Waals surface area contributed by atoms with Crippen LogP contribution in [-0.2, 0) is 14.2 Å². The van der Waals surface area contributed by atoms with Crippen LogP contribution < -0.4 is 0 Å². The molecule has 1 fully saturated rings. The third-order valence-corrected chi connectivity index (χ3v) is 3.42. The summed E-state index contributed by atoms with van der Waals surface area (Å²) in [6.45, 7) is 0.647. The first-order valence-electron chi connectivity index (χ1n) is 6.21. The van der Waals surface area contributed by atoms with E-state index >= 15 is 0 Å². The van der Waals surface area contributed by atoms with Gasteiger partial charge in [-0.3, -0.25) is 0 Å². The summed E-state index contributed by atoms with van der Waals surface area (Å²) in [4.78, 5) is 0. The van der Waals surface area contributed by atoms with E-state index in [1.54, 1.807) is 0 Å². The number of methoxy groups -OCH3 is 2. The van der Waals surface area contributed by atoms with Crippen LogP contribution in [0.3, 0.4) is 0 Å². The predicted molar refractivity (Wildman–Crippen MR) is 62.4 cm³/mol. The van der Waals surface area contributed by atoms with Crippen LogP contribution in [0.15, 0.2) is 0 Å². The number of aliphatic hydroxyl groups is 2. The van der Waals surface area contributed by atoms with Crippen LogP contribution in [0.1, 0.15) is 38.5 Å². The molecule has 2 N–H and O–H groups in total. The Balaban J connectivity index is 2.73. The summed E-state index contributed by atoms with van der Waals surface area (Å²) in [7, 11) is 3.02. The lowest BCUT2D eigenvalue weighted by Crippen LogP contribution is -2.59. The highest BCUT2D eigenvalue weighted by molar-refractivity contribution is 4.89. The maximum absolute atomic E-state index is 10.5. The van der Waals surface area contributed by atoms with E-state index in [0.29, 0.717) is 32.3 Å². The standard InChI is InChI=1S/C12H24O5/c1-15-12(16-2,8-3-5-9-13)11(14)7-4-6-10-17-11/h13-14H,3-10H2,1-2H3. The maximum atomic E-state index is 10.5. The zero-order chi connectivity index (χ0) is 12.8. The van der Waals surface area contributed by atoms with Gasteiger partial charge in [0.15, 0.2) is 0 Å². The molecule has 0 aromatic rings. The summed E-state index contributed by atoms with van der Waals surface area (Å²) >= 11 is 0. The van der Waals surface area contributed by atoms with Crippen LogP contribution in [-0.4, -0.2) is 49.2 Å². The van der Waals surface area contributed by atoms with Crippen molar-refractivity contribution in [2.24, 2.45) is 0 Å². The van der Waals surface area contributed by atoms with E-state index in [4.69, 9.17) is 19.3 Å². The first-order valence-corrected chi connectivity index (χ1v) is 6.21. The fraction of sp³-hybridized carbons (Fsp3) is 1.00. The zero-order valence-corrected chi connectivity index (χ0v) is 10.8. The smallest absolute Gasteiger partial charge is 0.222 e. The van der Waals surface area contributed by atoms with Crippen molar-refractivity contribution in [1.29, 1.82) is 0 Å². The fourth-order valence-electron chi connectivity index (χ4n) is 2.35. The Morgan fingerprint density at radius 3 is 2.41 bits per heavy atom. The highest BCUT2D eigenvalue weighted by atomic mass is 16.8. The predicted octanol–water partition coefficient (Wildman–Crippen LogP) is 1.03. The van der Waals surface area contributed by atoms with Crippen molar-refractivity contribution in [3.63, 3.8) is 0 Å². The van der Waals surface area contributed by atoms with Crippen molar-refractivity contribution < 1.29 is 24.4 Å². The molecule has 0 spiro atoms. The van der Waals surface area contributed by atoms with Crippen molar-refractivity contribution >= 4 is 0 Å². The third kappa shape index (κ3) is 3.17. The molecule has 17 heavy (non-hydrogen) atoms. The topological polar surface area (TPSA) is 68.2 Å². The second kappa shape index (κ2) is 6.66. The number of rotatable bonds is 7. The summed E-state index contributed by atoms with van der Waals surface area (Å²) in [6, 6.07) is 0. The molecule has 0 bridgehead atoms. The molecular weight excluding hydrogens is 224 g/mol. The normalized spacial score (nSPS) is 26.1. The number of unbranched alkanes of at least 4 members (excludes halogenated alkanes) is 1. The minimum absolute atomic E-state index is 0.128. The molecule has 1 aliphatic rings. The Morgan fingerprint density at radius 2 is 1.94 bits per heavy atom. The van der Waals surface area contributed by atoms with Gasteiger partial charge in [-0.15, -0.1) is 0 Å². The van der Waals surface area contributed by atoms with E-state index in [9.17, 15) is 5.11 Å². The summed E-state index contributed by atoms with van der Waals surface area (Å²) < 4.78 is 16.3. The van der Waals surface area contributed by atoms with Crippen molar-refractivity contribution in [2.75, 3.05) is 27.4 Å². The largest absolute Gasteiger partial charge is 0.396 e. The molecule has 5 heteroatoms. The van der Waals surface area contributed by atoms with Crippen LogP contribution in [0.2, 0.25) is 0 Å². The van der Waals surface area contributed by atoms with E-state index in [0.717, 1.165) is 12.8 Å². The third-order valence-electron chi connectivity index (χ3n) is 3.42. The van der Waals surface area contributed by atoms with Crippen molar-refractivity contribution in [2.45, 2.75) is 50.1 Å². The summed E-state index contributed by atoms with van der Waals surface area (Å²) in [5.41, 5.74) is 0. The summed E-state index contributed by atoms with van der Waals surface area (Å²) in [5, 5.41) is 19.4. The molecule has 0 amide bonds. The highest BCUT2D eigenvalue weighted by Crippen LogP contribution is 2.39. The second-order valence-electron chi connectivity index (χ2n) is 4.43. The van der Waals surface area contributed by atoms with Gasteiger partial charge in [-0.1, -0.05) is 0 Å². The van der Waals surface area contributed by atoms with Crippen molar-refractivity contribution in [3.8, 4) is 0 Å². The minimum Gasteiger partial charge on any atom is -0.396 e. The SMILES string of the molecule is COC(CCCCO)(OC)C1(O)CCCCO1. The van der Waals surface area contributed by atoms with Gasteiger partial charge >= 0.3 is 0 Å². The van der Waals surface area contributed by atoms with E-state index in [2.05, 4.69) is 0 Å². The minimum atomic E-state index is -1.38. The van der Waals surface area contributed by atoms with Gasteiger partial charge in [0.25, 0.3) is 0 Å². The van der Waals surface area contributed by atoms with E-state index in [1.165, 1.54) is 14.2 Å². The Morgan fingerprint density at radius 1 is 1.24 bits per heavy atom. The molecule has 0 aliphatic carbocycles. The average Bonchev–Trinajstić information content (AvgIpc) is 2.36. The number of ether oxygens (including phenoxy) is 3. The van der Waals surface area contributed by atoms with Crippen LogP contribution in [0, 0.1) is 0 Å². The van der Waals surface area contributed by atoms with E-state index in [1.807, 2.05) is 0 Å². The van der Waals surface area contributed by atoms with Crippen LogP contribution in [0.4, 0.5) is 0 Å². The highest BCUT2D eigenvalue weighted by Gasteiger charge is 2.53. The number of hydrogen-bond acceptors (Lipinski definition) is 5. The lowest BCUT2D eigenvalue weighted by Gasteiger charge is -2.46. The Kier molecular flexibility index (Phi) is 5.82. The van der Waals surface area contributed by atoms with Gasteiger partial charge < -0.3 is 24.4 Å². The molecule has 0 saturated carbocycles. The Hall–Kier alpha value is -0.200. The quantitative estimate of drug-likeness (QED) is 0.520. The summed E-state index contributed by atoms with van der Waals surface area (Å²) in [5.74, 6) is -2.52. The average molecular weight is 248 g/mol. The van der Waals surface area contributed by atoms with Crippen LogP contribution in [0.25, 0.3) is 0 Å². The molecule has 5 nitrogen and oxygen atoms in total. The van der Waals surface area contributed by atoms with Crippen LogP contribution >= 0.6 is 0 Å². The van der Waals surface area contributed by atoms with Gasteiger partial charge in [0, 0.05) is 33.7 Å². The number of hydrogen-bond donors (Lipinski definition) is 2. The van der Waals surface area contributed by atoms with Crippen LogP contribution in [0.5, 0.6) is 0 Å². The second-order valence-corrected chi connectivity index (χ2v) is 4.43. The molecule has 0 aromatic carbocycles. The van der Waals surface area contributed by atoms with Gasteiger partial charge in [-0.25, -0.2) is 0 Å². The molecule has 102 valence electrons. The van der Waals surface area contributed by atoms with Gasteiger partial charge in [-0.2, -0.15) is 0 Å². The van der Waals surface area contributed by atoms with Crippen molar-refractivity contribution in [1.82, 2.24) is 0 Å². The lowest BCUT2D eigenvalue weighted by atomic mass is 9.92. The zero-order valence-electron chi connectivity index (χ0n) is 10.8. The summed E-state index contributed by atoms with van der Waals surface area (Å²) in [6.07, 6.45) is 4.21. The maximum Gasteiger partial charge on any atom is 0.222 e. The van der Waals surface area contributed by atoms with E-state index in [-0.39, 0.29) is 6.61 Å². The first-order chi connectivity index (χ1) is 8.14. The van der Waals surface area contributed by atoms with Gasteiger partial charge in [0.1, 0.15) is 0 Å². The Labute approximate surface area is 103 Å².